The SMILES string of the molecule is CC(Cc1ccc(O)c(F)c1O)C(=O)O. The van der Waals surface area contributed by atoms with Crippen LogP contribution in [-0.2, 0) is 11.2 Å². The molecule has 1 aromatic carbocycles. The summed E-state index contributed by atoms with van der Waals surface area (Å²) in [6, 6.07) is 2.38. The van der Waals surface area contributed by atoms with Gasteiger partial charge in [0.15, 0.2) is 11.5 Å². The van der Waals surface area contributed by atoms with Crippen LogP contribution in [0.25, 0.3) is 0 Å². The van der Waals surface area contributed by atoms with Crippen LogP contribution in [0.3, 0.4) is 0 Å². The number of carbonyl (C=O) groups is 1. The molecule has 82 valence electrons. The topological polar surface area (TPSA) is 77.8 Å². The van der Waals surface area contributed by atoms with Gasteiger partial charge in [0.05, 0.1) is 5.92 Å². The molecule has 0 bridgehead atoms. The van der Waals surface area contributed by atoms with Crippen LogP contribution < -0.4 is 0 Å². The summed E-state index contributed by atoms with van der Waals surface area (Å²) in [4.78, 5) is 10.5. The fourth-order valence-corrected chi connectivity index (χ4v) is 1.18. The van der Waals surface area contributed by atoms with Gasteiger partial charge in [-0.05, 0) is 18.1 Å². The van der Waals surface area contributed by atoms with Crippen molar-refractivity contribution < 1.29 is 24.5 Å². The highest BCUT2D eigenvalue weighted by molar-refractivity contribution is 5.70. The zero-order valence-corrected chi connectivity index (χ0v) is 8.07. The molecule has 0 amide bonds. The molecule has 0 aromatic heterocycles. The average Bonchev–Trinajstić information content (AvgIpc) is 2.18. The molecule has 15 heavy (non-hydrogen) atoms. The summed E-state index contributed by atoms with van der Waals surface area (Å²) in [5.74, 6) is -4.21. The fourth-order valence-electron chi connectivity index (χ4n) is 1.18. The van der Waals surface area contributed by atoms with Gasteiger partial charge in [0.2, 0.25) is 5.82 Å². The van der Waals surface area contributed by atoms with Gasteiger partial charge in [-0.3, -0.25) is 4.79 Å². The third kappa shape index (κ3) is 2.37. The summed E-state index contributed by atoms with van der Waals surface area (Å²) in [5.41, 5.74) is 0.167. The van der Waals surface area contributed by atoms with E-state index in [9.17, 15) is 14.3 Å². The van der Waals surface area contributed by atoms with Gasteiger partial charge in [-0.2, -0.15) is 4.39 Å². The lowest BCUT2D eigenvalue weighted by molar-refractivity contribution is -0.141. The number of carboxylic acids is 1. The molecule has 0 heterocycles. The van der Waals surface area contributed by atoms with E-state index in [1.165, 1.54) is 13.0 Å². The smallest absolute Gasteiger partial charge is 0.306 e. The minimum Gasteiger partial charge on any atom is -0.505 e. The van der Waals surface area contributed by atoms with Crippen molar-refractivity contribution in [2.75, 3.05) is 0 Å². The summed E-state index contributed by atoms with van der Waals surface area (Å²) in [7, 11) is 0. The lowest BCUT2D eigenvalue weighted by Gasteiger charge is -2.09. The van der Waals surface area contributed by atoms with E-state index in [1.807, 2.05) is 0 Å². The molecule has 1 unspecified atom stereocenters. The van der Waals surface area contributed by atoms with Crippen LogP contribution in [0.5, 0.6) is 11.5 Å². The first-order valence-corrected chi connectivity index (χ1v) is 4.35. The molecule has 1 rings (SSSR count). The van der Waals surface area contributed by atoms with Gasteiger partial charge < -0.3 is 15.3 Å². The number of rotatable bonds is 3. The number of carboxylic acid groups (broad SMARTS) is 1. The van der Waals surface area contributed by atoms with Gasteiger partial charge in [0.25, 0.3) is 0 Å². The fraction of sp³-hybridized carbons (Fsp3) is 0.300. The van der Waals surface area contributed by atoms with E-state index in [0.717, 1.165) is 6.07 Å². The molecule has 0 spiro atoms. The van der Waals surface area contributed by atoms with Gasteiger partial charge in [0.1, 0.15) is 0 Å². The maximum atomic E-state index is 13.0. The van der Waals surface area contributed by atoms with Crippen molar-refractivity contribution in [3.05, 3.63) is 23.5 Å². The lowest BCUT2D eigenvalue weighted by atomic mass is 10.0. The highest BCUT2D eigenvalue weighted by Crippen LogP contribution is 2.29. The molecular weight excluding hydrogens is 203 g/mol. The number of aromatic hydroxyl groups is 2. The molecule has 0 aliphatic heterocycles. The number of halogens is 1. The minimum atomic E-state index is -1.12. The second-order valence-corrected chi connectivity index (χ2v) is 3.35. The molecule has 1 atom stereocenters. The Morgan fingerprint density at radius 1 is 1.47 bits per heavy atom. The van der Waals surface area contributed by atoms with Crippen molar-refractivity contribution in [3.8, 4) is 11.5 Å². The van der Waals surface area contributed by atoms with Crippen LogP contribution in [0.1, 0.15) is 12.5 Å². The van der Waals surface area contributed by atoms with E-state index in [4.69, 9.17) is 10.2 Å². The average molecular weight is 214 g/mol. The largest absolute Gasteiger partial charge is 0.505 e. The van der Waals surface area contributed by atoms with Crippen LogP contribution in [0.2, 0.25) is 0 Å². The molecule has 1 aromatic rings. The number of benzene rings is 1. The van der Waals surface area contributed by atoms with E-state index in [1.54, 1.807) is 0 Å². The second kappa shape index (κ2) is 4.16. The monoisotopic (exact) mass is 214 g/mol. The maximum Gasteiger partial charge on any atom is 0.306 e. The summed E-state index contributed by atoms with van der Waals surface area (Å²) in [6.45, 7) is 1.45. The van der Waals surface area contributed by atoms with E-state index in [0.29, 0.717) is 0 Å². The molecule has 0 radical (unpaired) electrons. The van der Waals surface area contributed by atoms with E-state index in [-0.39, 0.29) is 12.0 Å². The third-order valence-corrected chi connectivity index (χ3v) is 2.13. The summed E-state index contributed by atoms with van der Waals surface area (Å²) in [5, 5.41) is 26.8. The molecular formula is C10H11FO4. The highest BCUT2D eigenvalue weighted by atomic mass is 19.1. The van der Waals surface area contributed by atoms with E-state index >= 15 is 0 Å². The molecule has 0 saturated carbocycles. The number of hydrogen-bond acceptors (Lipinski definition) is 3. The van der Waals surface area contributed by atoms with Crippen molar-refractivity contribution >= 4 is 5.97 Å². The van der Waals surface area contributed by atoms with Crippen LogP contribution in [0.15, 0.2) is 12.1 Å². The Bertz CT molecular complexity index is 389. The van der Waals surface area contributed by atoms with Crippen LogP contribution >= 0.6 is 0 Å². The van der Waals surface area contributed by atoms with Gasteiger partial charge >= 0.3 is 5.97 Å². The van der Waals surface area contributed by atoms with E-state index < -0.39 is 29.2 Å². The number of aliphatic carboxylic acids is 1. The molecule has 3 N–H and O–H groups in total. The summed E-state index contributed by atoms with van der Waals surface area (Å²) >= 11 is 0. The summed E-state index contributed by atoms with van der Waals surface area (Å²) in [6.07, 6.45) is 0.0123. The quantitative estimate of drug-likeness (QED) is 0.712. The normalized spacial score (nSPS) is 12.4. The number of phenols is 2. The molecule has 0 fully saturated rings. The predicted molar refractivity (Wildman–Crippen MR) is 50.2 cm³/mol. The van der Waals surface area contributed by atoms with Crippen molar-refractivity contribution in [1.82, 2.24) is 0 Å². The zero-order chi connectivity index (χ0) is 11.6. The van der Waals surface area contributed by atoms with Gasteiger partial charge in [-0.15, -0.1) is 0 Å². The second-order valence-electron chi connectivity index (χ2n) is 3.35. The highest BCUT2D eigenvalue weighted by Gasteiger charge is 2.17. The van der Waals surface area contributed by atoms with Crippen molar-refractivity contribution in [1.29, 1.82) is 0 Å². The van der Waals surface area contributed by atoms with Gasteiger partial charge in [0, 0.05) is 0 Å². The van der Waals surface area contributed by atoms with Gasteiger partial charge in [-0.25, -0.2) is 0 Å². The number of phenolic OH excluding ortho intramolecular Hbond substituents is 2. The standard InChI is InChI=1S/C10H11FO4/c1-5(10(14)15)4-6-2-3-7(12)8(11)9(6)13/h2-3,5,12-13H,4H2,1H3,(H,14,15). The first-order valence-electron chi connectivity index (χ1n) is 4.35. The van der Waals surface area contributed by atoms with Crippen molar-refractivity contribution in [2.45, 2.75) is 13.3 Å². The Morgan fingerprint density at radius 2 is 2.07 bits per heavy atom. The first kappa shape index (κ1) is 11.3. The first-order chi connectivity index (χ1) is 6.93. The number of hydrogen-bond donors (Lipinski definition) is 3. The Labute approximate surface area is 85.6 Å². The van der Waals surface area contributed by atoms with Crippen LogP contribution in [-0.4, -0.2) is 21.3 Å². The van der Waals surface area contributed by atoms with Gasteiger partial charge in [-0.1, -0.05) is 13.0 Å². The minimum absolute atomic E-state index is 0.0123. The molecule has 5 heteroatoms. The molecule has 0 aliphatic rings. The lowest BCUT2D eigenvalue weighted by Crippen LogP contribution is -2.12. The van der Waals surface area contributed by atoms with Crippen LogP contribution in [0, 0.1) is 11.7 Å². The Morgan fingerprint density at radius 3 is 2.60 bits per heavy atom. The summed E-state index contributed by atoms with van der Waals surface area (Å²) < 4.78 is 13.0. The molecule has 4 nitrogen and oxygen atoms in total. The predicted octanol–water partition coefficient (Wildman–Crippen LogP) is 1.50. The Balaban J connectivity index is 2.97. The molecule has 0 saturated heterocycles. The Kier molecular flexibility index (Phi) is 3.14. The van der Waals surface area contributed by atoms with Crippen molar-refractivity contribution in [3.63, 3.8) is 0 Å². The van der Waals surface area contributed by atoms with Crippen molar-refractivity contribution in [2.24, 2.45) is 5.92 Å². The maximum absolute atomic E-state index is 13.0. The van der Waals surface area contributed by atoms with E-state index in [2.05, 4.69) is 0 Å². The Hall–Kier alpha value is -1.78. The molecule has 0 aliphatic carbocycles. The van der Waals surface area contributed by atoms with Crippen LogP contribution in [0.4, 0.5) is 4.39 Å². The zero-order valence-electron chi connectivity index (χ0n) is 8.07. The third-order valence-electron chi connectivity index (χ3n) is 2.13.